The Morgan fingerprint density at radius 3 is 2.52 bits per heavy atom. The summed E-state index contributed by atoms with van der Waals surface area (Å²) in [6.45, 7) is 3.85. The van der Waals surface area contributed by atoms with Gasteiger partial charge in [0.1, 0.15) is 12.1 Å². The van der Waals surface area contributed by atoms with Crippen molar-refractivity contribution in [1.82, 2.24) is 10.2 Å². The third-order valence-electron chi connectivity index (χ3n) is 3.57. The topological polar surface area (TPSA) is 66.5 Å². The molecule has 0 aliphatic carbocycles. The molecule has 1 aliphatic heterocycles. The summed E-state index contributed by atoms with van der Waals surface area (Å²) >= 11 is 0. The van der Waals surface area contributed by atoms with E-state index >= 15 is 0 Å². The molecule has 0 aromatic heterocycles. The molecule has 0 bridgehead atoms. The molecule has 3 unspecified atom stereocenters. The smallest absolute Gasteiger partial charge is 0.248 e. The van der Waals surface area contributed by atoms with Gasteiger partial charge in [0.2, 0.25) is 11.8 Å². The maximum absolute atomic E-state index is 12.4. The second-order valence-corrected chi connectivity index (χ2v) is 6.87. The van der Waals surface area contributed by atoms with Crippen LogP contribution in [0.3, 0.4) is 0 Å². The summed E-state index contributed by atoms with van der Waals surface area (Å²) in [6, 6.07) is 8.04. The summed E-state index contributed by atoms with van der Waals surface area (Å²) in [7, 11) is -0.963. The lowest BCUT2D eigenvalue weighted by atomic mass is 10.0. The number of nitrogens with one attached hydrogen (secondary N) is 1. The van der Waals surface area contributed by atoms with E-state index in [1.807, 2.05) is 37.3 Å². The van der Waals surface area contributed by atoms with E-state index in [0.29, 0.717) is 18.1 Å². The van der Waals surface area contributed by atoms with Gasteiger partial charge >= 0.3 is 0 Å². The Morgan fingerprint density at radius 1 is 1.24 bits per heavy atom. The summed E-state index contributed by atoms with van der Waals surface area (Å²) in [4.78, 5) is 26.2. The zero-order chi connectivity index (χ0) is 15.4. The number of piperazine rings is 1. The fourth-order valence-electron chi connectivity index (χ4n) is 2.42. The Kier molecular flexibility index (Phi) is 5.12. The molecule has 1 aromatic carbocycles. The van der Waals surface area contributed by atoms with Crippen molar-refractivity contribution in [3.05, 3.63) is 35.9 Å². The second-order valence-electron chi connectivity index (χ2n) is 5.01. The maximum atomic E-state index is 12.4. The van der Waals surface area contributed by atoms with Gasteiger partial charge in [-0.1, -0.05) is 37.3 Å². The number of amides is 2. The van der Waals surface area contributed by atoms with E-state index in [-0.39, 0.29) is 11.8 Å². The lowest BCUT2D eigenvalue weighted by Crippen LogP contribution is -2.58. The molecule has 114 valence electrons. The molecule has 0 spiro atoms. The first kappa shape index (κ1) is 15.7. The summed E-state index contributed by atoms with van der Waals surface area (Å²) in [5.74, 6) is 0.637. The molecule has 21 heavy (non-hydrogen) atoms. The van der Waals surface area contributed by atoms with E-state index in [0.717, 1.165) is 5.56 Å². The average molecular weight is 308 g/mol. The highest BCUT2D eigenvalue weighted by atomic mass is 32.2. The predicted molar refractivity (Wildman–Crippen MR) is 82.1 cm³/mol. The summed E-state index contributed by atoms with van der Waals surface area (Å²) in [6.07, 6.45) is 0. The molecule has 1 fully saturated rings. The summed E-state index contributed by atoms with van der Waals surface area (Å²) in [5.41, 5.74) is 0.775. The molecule has 3 atom stereocenters. The maximum Gasteiger partial charge on any atom is 0.248 e. The summed E-state index contributed by atoms with van der Waals surface area (Å²) in [5, 5.41) is 2.70. The quantitative estimate of drug-likeness (QED) is 0.877. The van der Waals surface area contributed by atoms with E-state index in [9.17, 15) is 13.8 Å². The van der Waals surface area contributed by atoms with Crippen LogP contribution in [0.15, 0.2) is 30.3 Å². The third-order valence-corrected chi connectivity index (χ3v) is 4.85. The van der Waals surface area contributed by atoms with Gasteiger partial charge in [0.05, 0.1) is 0 Å². The van der Waals surface area contributed by atoms with Crippen molar-refractivity contribution in [2.75, 3.05) is 18.1 Å². The van der Waals surface area contributed by atoms with Gasteiger partial charge in [-0.25, -0.2) is 0 Å². The number of carbonyl (C=O) groups excluding carboxylic acids is 2. The fourth-order valence-corrected chi connectivity index (χ4v) is 3.11. The van der Waals surface area contributed by atoms with Gasteiger partial charge in [0.25, 0.3) is 0 Å². The fraction of sp³-hybridized carbons (Fsp3) is 0.467. The van der Waals surface area contributed by atoms with Gasteiger partial charge in [-0.05, 0) is 12.5 Å². The zero-order valence-electron chi connectivity index (χ0n) is 12.2. The zero-order valence-corrected chi connectivity index (χ0v) is 13.1. The van der Waals surface area contributed by atoms with Crippen molar-refractivity contribution in [2.45, 2.75) is 25.9 Å². The van der Waals surface area contributed by atoms with Gasteiger partial charge in [0, 0.05) is 28.9 Å². The van der Waals surface area contributed by atoms with Gasteiger partial charge in [-0.15, -0.1) is 0 Å². The molecule has 0 radical (unpaired) electrons. The first-order chi connectivity index (χ1) is 10.0. The lowest BCUT2D eigenvalue weighted by Gasteiger charge is -2.38. The molecule has 1 N–H and O–H groups in total. The highest BCUT2D eigenvalue weighted by Crippen LogP contribution is 2.25. The van der Waals surface area contributed by atoms with Crippen LogP contribution in [0, 0.1) is 0 Å². The SMILES string of the molecule is CCS(=O)CCN1C(=O)C(C)NC(=O)C1c1ccccc1. The summed E-state index contributed by atoms with van der Waals surface area (Å²) < 4.78 is 11.6. The molecule has 5 nitrogen and oxygen atoms in total. The van der Waals surface area contributed by atoms with Crippen molar-refractivity contribution in [2.24, 2.45) is 0 Å². The van der Waals surface area contributed by atoms with Crippen LogP contribution in [-0.4, -0.2) is 45.0 Å². The van der Waals surface area contributed by atoms with Crippen LogP contribution in [-0.2, 0) is 20.4 Å². The number of benzene rings is 1. The van der Waals surface area contributed by atoms with Crippen molar-refractivity contribution in [1.29, 1.82) is 0 Å². The molecular weight excluding hydrogens is 288 g/mol. The number of carbonyl (C=O) groups is 2. The van der Waals surface area contributed by atoms with Crippen LogP contribution >= 0.6 is 0 Å². The molecule has 1 saturated heterocycles. The average Bonchev–Trinajstić information content (AvgIpc) is 2.49. The number of nitrogens with zero attached hydrogens (tertiary/aromatic N) is 1. The monoisotopic (exact) mass is 308 g/mol. The van der Waals surface area contributed by atoms with Gasteiger partial charge in [0.15, 0.2) is 0 Å². The van der Waals surface area contributed by atoms with E-state index in [1.165, 1.54) is 0 Å². The molecule has 1 heterocycles. The van der Waals surface area contributed by atoms with Crippen LogP contribution in [0.5, 0.6) is 0 Å². The van der Waals surface area contributed by atoms with Gasteiger partial charge < -0.3 is 10.2 Å². The highest BCUT2D eigenvalue weighted by molar-refractivity contribution is 7.84. The highest BCUT2D eigenvalue weighted by Gasteiger charge is 2.39. The Bertz CT molecular complexity index is 547. The molecule has 2 rings (SSSR count). The largest absolute Gasteiger partial charge is 0.342 e. The van der Waals surface area contributed by atoms with E-state index in [1.54, 1.807) is 11.8 Å². The van der Waals surface area contributed by atoms with E-state index in [2.05, 4.69) is 5.32 Å². The predicted octanol–water partition coefficient (Wildman–Crippen LogP) is 0.843. The Morgan fingerprint density at radius 2 is 1.90 bits per heavy atom. The van der Waals surface area contributed by atoms with Gasteiger partial charge in [-0.2, -0.15) is 0 Å². The molecular formula is C15H20N2O3S. The van der Waals surface area contributed by atoms with Crippen LogP contribution in [0.1, 0.15) is 25.5 Å². The molecule has 1 aliphatic rings. The van der Waals surface area contributed by atoms with Crippen molar-refractivity contribution >= 4 is 22.6 Å². The van der Waals surface area contributed by atoms with Crippen LogP contribution in [0.25, 0.3) is 0 Å². The van der Waals surface area contributed by atoms with Crippen LogP contribution in [0.2, 0.25) is 0 Å². The minimum absolute atomic E-state index is 0.128. The minimum atomic E-state index is -0.963. The Balaban J connectivity index is 2.26. The van der Waals surface area contributed by atoms with Crippen molar-refractivity contribution < 1.29 is 13.8 Å². The van der Waals surface area contributed by atoms with Crippen LogP contribution in [0.4, 0.5) is 0 Å². The molecule has 0 saturated carbocycles. The Labute approximate surface area is 127 Å². The van der Waals surface area contributed by atoms with E-state index in [4.69, 9.17) is 0 Å². The first-order valence-corrected chi connectivity index (χ1v) is 8.54. The van der Waals surface area contributed by atoms with Crippen molar-refractivity contribution in [3.8, 4) is 0 Å². The molecule has 1 aromatic rings. The third kappa shape index (κ3) is 3.50. The van der Waals surface area contributed by atoms with Crippen LogP contribution < -0.4 is 5.32 Å². The molecule has 2 amide bonds. The van der Waals surface area contributed by atoms with Crippen molar-refractivity contribution in [3.63, 3.8) is 0 Å². The van der Waals surface area contributed by atoms with E-state index < -0.39 is 22.9 Å². The molecule has 6 heteroatoms. The normalized spacial score (nSPS) is 23.8. The number of hydrogen-bond acceptors (Lipinski definition) is 3. The Hall–Kier alpha value is -1.69. The first-order valence-electron chi connectivity index (χ1n) is 7.05. The minimum Gasteiger partial charge on any atom is -0.342 e. The number of hydrogen-bond donors (Lipinski definition) is 1. The standard InChI is InChI=1S/C15H20N2O3S/c1-3-21(20)10-9-17-13(12-7-5-4-6-8-12)14(18)16-11(2)15(17)19/h4-8,11,13H,3,9-10H2,1-2H3,(H,16,18). The number of rotatable bonds is 5. The van der Waals surface area contributed by atoms with Gasteiger partial charge in [-0.3, -0.25) is 13.8 Å². The second kappa shape index (κ2) is 6.85. The lowest BCUT2D eigenvalue weighted by molar-refractivity contribution is -0.148.